The molecular weight excluding hydrogens is 440 g/mol. The first kappa shape index (κ1) is 23.0. The maximum absolute atomic E-state index is 13.9. The molecule has 34 heavy (non-hydrogen) atoms. The van der Waals surface area contributed by atoms with Crippen LogP contribution in [0.25, 0.3) is 27.7 Å². The molecule has 4 rings (SSSR count). The number of hydrogen-bond donors (Lipinski definition) is 1. The Balaban J connectivity index is 1.74. The van der Waals surface area contributed by atoms with Gasteiger partial charge in [-0.1, -0.05) is 12.1 Å². The number of methoxy groups -OCH3 is 1. The molecule has 0 aliphatic rings. The molecule has 1 N–H and O–H groups in total. The lowest BCUT2D eigenvalue weighted by Gasteiger charge is -2.12. The molecule has 1 aromatic heterocycles. The van der Waals surface area contributed by atoms with Gasteiger partial charge in [0.2, 0.25) is 5.91 Å². The van der Waals surface area contributed by atoms with Gasteiger partial charge in [-0.25, -0.2) is 8.78 Å². The van der Waals surface area contributed by atoms with Crippen molar-refractivity contribution in [1.82, 2.24) is 0 Å². The zero-order chi connectivity index (χ0) is 24.2. The van der Waals surface area contributed by atoms with Crippen molar-refractivity contribution in [3.63, 3.8) is 0 Å². The summed E-state index contributed by atoms with van der Waals surface area (Å²) in [5.41, 5.74) is 3.42. The predicted octanol–water partition coefficient (Wildman–Crippen LogP) is 6.83. The van der Waals surface area contributed by atoms with Crippen molar-refractivity contribution >= 4 is 28.1 Å². The number of carbonyl (C=O) groups excluding carboxylic acids is 1. The Hall–Kier alpha value is -4.13. The van der Waals surface area contributed by atoms with E-state index in [9.17, 15) is 13.6 Å². The van der Waals surface area contributed by atoms with E-state index < -0.39 is 17.5 Å². The van der Waals surface area contributed by atoms with E-state index in [0.29, 0.717) is 29.1 Å². The Kier molecular flexibility index (Phi) is 6.63. The number of furan rings is 1. The highest BCUT2D eigenvalue weighted by Gasteiger charge is 2.16. The molecule has 0 fully saturated rings. The molecule has 1 amide bonds. The van der Waals surface area contributed by atoms with Crippen LogP contribution in [0.2, 0.25) is 0 Å². The van der Waals surface area contributed by atoms with E-state index in [1.54, 1.807) is 26.4 Å². The number of fused-ring (bicyclic) bond motifs is 1. The fraction of sp³-hybridized carbons (Fsp3) is 0.148. The molecule has 0 bridgehead atoms. The summed E-state index contributed by atoms with van der Waals surface area (Å²) in [6.07, 6.45) is 2.98. The van der Waals surface area contributed by atoms with Crippen molar-refractivity contribution in [3.05, 3.63) is 84.1 Å². The van der Waals surface area contributed by atoms with E-state index in [2.05, 4.69) is 5.32 Å². The minimum atomic E-state index is -0.724. The normalized spacial score (nSPS) is 11.5. The molecular formula is C27H23F2NO4. The lowest BCUT2D eigenvalue weighted by Crippen LogP contribution is -2.10. The van der Waals surface area contributed by atoms with E-state index in [4.69, 9.17) is 13.9 Å². The second kappa shape index (κ2) is 9.79. The van der Waals surface area contributed by atoms with Gasteiger partial charge in [-0.3, -0.25) is 4.79 Å². The van der Waals surface area contributed by atoms with Crippen molar-refractivity contribution in [2.45, 2.75) is 13.8 Å². The number of allylic oxidation sites excluding steroid dienone is 1. The Labute approximate surface area is 195 Å². The molecule has 0 aliphatic heterocycles. The summed E-state index contributed by atoms with van der Waals surface area (Å²) < 4.78 is 44.3. The third kappa shape index (κ3) is 4.78. The van der Waals surface area contributed by atoms with E-state index in [1.165, 1.54) is 6.08 Å². The van der Waals surface area contributed by atoms with E-state index in [1.807, 2.05) is 37.3 Å². The molecule has 4 aromatic rings. The standard InChI is InChI=1S/C27H23F2NO4/c1-4-33-25-14-26-21(22(15-34-26)17-6-5-7-19(11-17)32-3)13-20(25)16(2)10-27(31)30-24-12-18(28)8-9-23(24)29/h5-15H,4H2,1-3H3,(H,30,31)/b16-10+. The van der Waals surface area contributed by atoms with Crippen LogP contribution < -0.4 is 14.8 Å². The largest absolute Gasteiger partial charge is 0.497 e. The van der Waals surface area contributed by atoms with E-state index in [0.717, 1.165) is 40.5 Å². The number of nitrogens with one attached hydrogen (secondary N) is 1. The number of ether oxygens (including phenoxy) is 2. The van der Waals surface area contributed by atoms with Crippen LogP contribution in [0.5, 0.6) is 11.5 Å². The van der Waals surface area contributed by atoms with Gasteiger partial charge in [0, 0.05) is 34.7 Å². The smallest absolute Gasteiger partial charge is 0.248 e. The lowest BCUT2D eigenvalue weighted by atomic mass is 9.99. The van der Waals surface area contributed by atoms with Gasteiger partial charge in [0.05, 0.1) is 25.7 Å². The average molecular weight is 463 g/mol. The van der Waals surface area contributed by atoms with Crippen LogP contribution in [0.15, 0.2) is 71.4 Å². The molecule has 3 aromatic carbocycles. The van der Waals surface area contributed by atoms with Gasteiger partial charge >= 0.3 is 0 Å². The highest BCUT2D eigenvalue weighted by molar-refractivity contribution is 6.05. The third-order valence-electron chi connectivity index (χ3n) is 5.31. The molecule has 7 heteroatoms. The zero-order valence-corrected chi connectivity index (χ0v) is 18.9. The van der Waals surface area contributed by atoms with Gasteiger partial charge in [-0.05, 0) is 55.3 Å². The Morgan fingerprint density at radius 2 is 1.94 bits per heavy atom. The summed E-state index contributed by atoms with van der Waals surface area (Å²) >= 11 is 0. The second-order valence-corrected chi connectivity index (χ2v) is 7.60. The summed E-state index contributed by atoms with van der Waals surface area (Å²) in [5, 5.41) is 3.21. The fourth-order valence-corrected chi connectivity index (χ4v) is 3.69. The van der Waals surface area contributed by atoms with Crippen LogP contribution >= 0.6 is 0 Å². The van der Waals surface area contributed by atoms with Crippen LogP contribution in [0.4, 0.5) is 14.5 Å². The third-order valence-corrected chi connectivity index (χ3v) is 5.31. The number of rotatable bonds is 7. The quantitative estimate of drug-likeness (QED) is 0.305. The van der Waals surface area contributed by atoms with Crippen molar-refractivity contribution in [1.29, 1.82) is 0 Å². The molecule has 174 valence electrons. The number of halogens is 2. The summed E-state index contributed by atoms with van der Waals surface area (Å²) in [7, 11) is 1.61. The lowest BCUT2D eigenvalue weighted by molar-refractivity contribution is -0.111. The van der Waals surface area contributed by atoms with Crippen molar-refractivity contribution < 1.29 is 27.5 Å². The number of carbonyl (C=O) groups is 1. The maximum atomic E-state index is 13.9. The van der Waals surface area contributed by atoms with Crippen molar-refractivity contribution in [3.8, 4) is 22.6 Å². The van der Waals surface area contributed by atoms with Crippen LogP contribution in [0.1, 0.15) is 19.4 Å². The molecule has 0 saturated carbocycles. The average Bonchev–Trinajstić information content (AvgIpc) is 3.24. The van der Waals surface area contributed by atoms with E-state index in [-0.39, 0.29) is 5.69 Å². The molecule has 1 heterocycles. The zero-order valence-electron chi connectivity index (χ0n) is 18.9. The maximum Gasteiger partial charge on any atom is 0.248 e. The van der Waals surface area contributed by atoms with Crippen LogP contribution in [0.3, 0.4) is 0 Å². The first-order chi connectivity index (χ1) is 16.4. The van der Waals surface area contributed by atoms with Gasteiger partial charge in [0.15, 0.2) is 0 Å². The van der Waals surface area contributed by atoms with Crippen molar-refractivity contribution in [2.75, 3.05) is 19.0 Å². The van der Waals surface area contributed by atoms with Gasteiger partial charge in [0.1, 0.15) is 28.7 Å². The molecule has 0 radical (unpaired) electrons. The van der Waals surface area contributed by atoms with Gasteiger partial charge in [-0.15, -0.1) is 0 Å². The van der Waals surface area contributed by atoms with Gasteiger partial charge < -0.3 is 19.2 Å². The molecule has 0 atom stereocenters. The van der Waals surface area contributed by atoms with Crippen LogP contribution in [-0.2, 0) is 4.79 Å². The number of amides is 1. The van der Waals surface area contributed by atoms with Crippen LogP contribution in [0, 0.1) is 11.6 Å². The molecule has 0 spiro atoms. The molecule has 0 saturated heterocycles. The van der Waals surface area contributed by atoms with Crippen molar-refractivity contribution in [2.24, 2.45) is 0 Å². The fourth-order valence-electron chi connectivity index (χ4n) is 3.69. The summed E-state index contributed by atoms with van der Waals surface area (Å²) in [4.78, 5) is 12.6. The van der Waals surface area contributed by atoms with Crippen LogP contribution in [-0.4, -0.2) is 19.6 Å². The van der Waals surface area contributed by atoms with E-state index >= 15 is 0 Å². The molecule has 0 unspecified atom stereocenters. The summed E-state index contributed by atoms with van der Waals surface area (Å²) in [6, 6.07) is 14.2. The monoisotopic (exact) mass is 463 g/mol. The Morgan fingerprint density at radius 3 is 2.71 bits per heavy atom. The molecule has 5 nitrogen and oxygen atoms in total. The SMILES string of the molecule is CCOc1cc2occ(-c3cccc(OC)c3)c2cc1/C(C)=C/C(=O)Nc1cc(F)ccc1F. The topological polar surface area (TPSA) is 60.7 Å². The minimum Gasteiger partial charge on any atom is -0.497 e. The Morgan fingerprint density at radius 1 is 1.12 bits per heavy atom. The highest BCUT2D eigenvalue weighted by Crippen LogP contribution is 2.38. The Bertz CT molecular complexity index is 1390. The molecule has 0 aliphatic carbocycles. The first-order valence-electron chi connectivity index (χ1n) is 10.7. The summed E-state index contributed by atoms with van der Waals surface area (Å²) in [6.45, 7) is 4.02. The van der Waals surface area contributed by atoms with Gasteiger partial charge in [-0.2, -0.15) is 0 Å². The first-order valence-corrected chi connectivity index (χ1v) is 10.7. The highest BCUT2D eigenvalue weighted by atomic mass is 19.1. The van der Waals surface area contributed by atoms with Gasteiger partial charge in [0.25, 0.3) is 0 Å². The number of hydrogen-bond acceptors (Lipinski definition) is 4. The predicted molar refractivity (Wildman–Crippen MR) is 128 cm³/mol. The number of benzene rings is 3. The number of anilines is 1. The summed E-state index contributed by atoms with van der Waals surface area (Å²) in [5.74, 6) is -0.704. The second-order valence-electron chi connectivity index (χ2n) is 7.60. The minimum absolute atomic E-state index is 0.232.